The van der Waals surface area contributed by atoms with Gasteiger partial charge in [-0.05, 0) is 63.4 Å². The van der Waals surface area contributed by atoms with Crippen LogP contribution in [0.25, 0.3) is 0 Å². The maximum atomic E-state index is 12.6. The highest BCUT2D eigenvalue weighted by molar-refractivity contribution is 7.99. The predicted octanol–water partition coefficient (Wildman–Crippen LogP) is 5.20. The number of carbonyl (C=O) groups excluding carboxylic acids is 2. The minimum atomic E-state index is -0.466. The van der Waals surface area contributed by atoms with Gasteiger partial charge in [-0.2, -0.15) is 0 Å². The van der Waals surface area contributed by atoms with E-state index in [1.54, 1.807) is 6.07 Å². The molecule has 0 radical (unpaired) electrons. The zero-order valence-electron chi connectivity index (χ0n) is 20.3. The Morgan fingerprint density at radius 2 is 1.85 bits per heavy atom. The Balaban J connectivity index is 1.67. The number of nitrogens with one attached hydrogen (secondary N) is 1. The van der Waals surface area contributed by atoms with Crippen molar-refractivity contribution in [2.24, 2.45) is 0 Å². The van der Waals surface area contributed by atoms with Crippen LogP contribution < -0.4 is 10.1 Å². The fourth-order valence-corrected chi connectivity index (χ4v) is 5.34. The van der Waals surface area contributed by atoms with Gasteiger partial charge in [0, 0.05) is 11.4 Å². The standard InChI is InChI=1S/C24H30N4O4S2/c1-7-18-12-19(23(30)31-6)22(34-18)25-20(29)13-33-24-27-26-21(28(24)8-2)16(5)32-17-10-14(3)9-15(4)11-17/h9-12,16H,7-8,13H2,1-6H3,(H,25,29). The molecule has 0 bridgehead atoms. The van der Waals surface area contributed by atoms with Crippen molar-refractivity contribution < 1.29 is 19.1 Å². The van der Waals surface area contributed by atoms with Crippen LogP contribution in [0.5, 0.6) is 5.75 Å². The summed E-state index contributed by atoms with van der Waals surface area (Å²) >= 11 is 2.67. The van der Waals surface area contributed by atoms with E-state index < -0.39 is 5.97 Å². The fourth-order valence-electron chi connectivity index (χ4n) is 3.53. The van der Waals surface area contributed by atoms with Gasteiger partial charge in [0.15, 0.2) is 17.1 Å². The van der Waals surface area contributed by atoms with Crippen molar-refractivity contribution in [1.29, 1.82) is 0 Å². The molecule has 3 aromatic rings. The van der Waals surface area contributed by atoms with Gasteiger partial charge in [-0.25, -0.2) is 4.79 Å². The van der Waals surface area contributed by atoms with Crippen LogP contribution in [0.4, 0.5) is 5.00 Å². The maximum Gasteiger partial charge on any atom is 0.340 e. The second kappa shape index (κ2) is 11.5. The average Bonchev–Trinajstić information content (AvgIpc) is 3.40. The summed E-state index contributed by atoms with van der Waals surface area (Å²) in [7, 11) is 1.33. The first-order valence-electron chi connectivity index (χ1n) is 11.1. The van der Waals surface area contributed by atoms with E-state index in [1.165, 1.54) is 30.2 Å². The van der Waals surface area contributed by atoms with E-state index in [-0.39, 0.29) is 17.8 Å². The van der Waals surface area contributed by atoms with Crippen LogP contribution in [0.3, 0.4) is 0 Å². The van der Waals surface area contributed by atoms with Gasteiger partial charge in [-0.15, -0.1) is 21.5 Å². The number of thiophene rings is 1. The Bertz CT molecular complexity index is 1150. The maximum absolute atomic E-state index is 12.6. The van der Waals surface area contributed by atoms with Crippen LogP contribution in [-0.2, 0) is 22.5 Å². The second-order valence-corrected chi connectivity index (χ2v) is 9.89. The second-order valence-electron chi connectivity index (χ2n) is 7.81. The fraction of sp³-hybridized carbons (Fsp3) is 0.417. The van der Waals surface area contributed by atoms with Crippen LogP contribution >= 0.6 is 23.1 Å². The monoisotopic (exact) mass is 502 g/mol. The zero-order chi connectivity index (χ0) is 24.8. The first-order chi connectivity index (χ1) is 16.2. The quantitative estimate of drug-likeness (QED) is 0.301. The van der Waals surface area contributed by atoms with Crippen LogP contribution in [0.2, 0.25) is 0 Å². The highest BCUT2D eigenvalue weighted by Gasteiger charge is 2.21. The summed E-state index contributed by atoms with van der Waals surface area (Å²) in [4.78, 5) is 25.7. The third-order valence-corrected chi connectivity index (χ3v) is 7.22. The molecule has 2 aromatic heterocycles. The lowest BCUT2D eigenvalue weighted by Crippen LogP contribution is -2.16. The van der Waals surface area contributed by atoms with Crippen LogP contribution in [0.1, 0.15) is 59.1 Å². The van der Waals surface area contributed by atoms with Crippen LogP contribution in [0.15, 0.2) is 29.4 Å². The largest absolute Gasteiger partial charge is 0.483 e. The molecule has 1 atom stereocenters. The number of thioether (sulfide) groups is 1. The topological polar surface area (TPSA) is 95.3 Å². The van der Waals surface area contributed by atoms with E-state index in [1.807, 2.05) is 51.3 Å². The van der Waals surface area contributed by atoms with Crippen LogP contribution in [0, 0.1) is 13.8 Å². The lowest BCUT2D eigenvalue weighted by molar-refractivity contribution is -0.113. The van der Waals surface area contributed by atoms with Crippen molar-refractivity contribution >= 4 is 40.0 Å². The Labute approximate surface area is 208 Å². The van der Waals surface area contributed by atoms with Crippen molar-refractivity contribution in [1.82, 2.24) is 14.8 Å². The summed E-state index contributed by atoms with van der Waals surface area (Å²) in [6.07, 6.45) is 0.461. The van der Waals surface area contributed by atoms with E-state index >= 15 is 0 Å². The molecule has 0 spiro atoms. The zero-order valence-corrected chi connectivity index (χ0v) is 21.9. The van der Waals surface area contributed by atoms with Crippen molar-refractivity contribution in [2.75, 3.05) is 18.2 Å². The SMILES string of the molecule is CCc1cc(C(=O)OC)c(NC(=O)CSc2nnc(C(C)Oc3cc(C)cc(C)c3)n2CC)s1. The molecule has 34 heavy (non-hydrogen) atoms. The first kappa shape index (κ1) is 25.8. The molecular weight excluding hydrogens is 472 g/mol. The summed E-state index contributed by atoms with van der Waals surface area (Å²) < 4.78 is 12.9. The molecule has 10 heteroatoms. The number of carbonyl (C=O) groups is 2. The number of nitrogens with zero attached hydrogens (tertiary/aromatic N) is 3. The molecule has 1 unspecified atom stereocenters. The van der Waals surface area contributed by atoms with Gasteiger partial charge in [-0.1, -0.05) is 24.8 Å². The Hall–Kier alpha value is -2.85. The Kier molecular flexibility index (Phi) is 8.73. The van der Waals surface area contributed by atoms with Crippen molar-refractivity contribution in [3.63, 3.8) is 0 Å². The molecule has 0 aliphatic carbocycles. The summed E-state index contributed by atoms with van der Waals surface area (Å²) in [6.45, 7) is 10.6. The molecule has 1 amide bonds. The summed E-state index contributed by atoms with van der Waals surface area (Å²) in [5.41, 5.74) is 2.64. The predicted molar refractivity (Wildman–Crippen MR) is 135 cm³/mol. The van der Waals surface area contributed by atoms with Crippen molar-refractivity contribution in [3.8, 4) is 5.75 Å². The Morgan fingerprint density at radius 1 is 1.15 bits per heavy atom. The van der Waals surface area contributed by atoms with Gasteiger partial charge in [0.1, 0.15) is 10.8 Å². The molecular formula is C24H30N4O4S2. The first-order valence-corrected chi connectivity index (χ1v) is 12.9. The molecule has 0 saturated carbocycles. The number of rotatable bonds is 10. The number of hydrogen-bond acceptors (Lipinski definition) is 8. The number of methoxy groups -OCH3 is 1. The molecule has 0 saturated heterocycles. The minimum absolute atomic E-state index is 0.129. The number of ether oxygens (including phenoxy) is 2. The number of anilines is 1. The molecule has 3 rings (SSSR count). The highest BCUT2D eigenvalue weighted by Crippen LogP contribution is 2.30. The molecule has 1 N–H and O–H groups in total. The number of aromatic nitrogens is 3. The normalized spacial score (nSPS) is 11.8. The average molecular weight is 503 g/mol. The molecule has 0 aliphatic heterocycles. The number of amides is 1. The summed E-state index contributed by atoms with van der Waals surface area (Å²) in [6, 6.07) is 7.84. The molecule has 0 fully saturated rings. The van der Waals surface area contributed by atoms with Gasteiger partial charge in [0.25, 0.3) is 0 Å². The smallest absolute Gasteiger partial charge is 0.340 e. The van der Waals surface area contributed by atoms with Gasteiger partial charge in [0.05, 0.1) is 18.4 Å². The summed E-state index contributed by atoms with van der Waals surface area (Å²) in [5, 5.41) is 12.6. The van der Waals surface area contributed by atoms with Crippen molar-refractivity contribution in [2.45, 2.75) is 58.8 Å². The van der Waals surface area contributed by atoms with Gasteiger partial charge in [0.2, 0.25) is 5.91 Å². The molecule has 8 nitrogen and oxygen atoms in total. The molecule has 0 aliphatic rings. The third-order valence-electron chi connectivity index (χ3n) is 5.06. The van der Waals surface area contributed by atoms with Crippen LogP contribution in [-0.4, -0.2) is 39.5 Å². The van der Waals surface area contributed by atoms with E-state index in [0.717, 1.165) is 28.2 Å². The van der Waals surface area contributed by atoms with Gasteiger partial charge in [-0.3, -0.25) is 4.79 Å². The molecule has 182 valence electrons. The van der Waals surface area contributed by atoms with E-state index in [4.69, 9.17) is 9.47 Å². The van der Waals surface area contributed by atoms with Gasteiger partial charge < -0.3 is 19.4 Å². The minimum Gasteiger partial charge on any atom is -0.483 e. The Morgan fingerprint density at radius 3 is 2.47 bits per heavy atom. The molecule has 1 aromatic carbocycles. The number of benzene rings is 1. The third kappa shape index (κ3) is 6.18. The van der Waals surface area contributed by atoms with E-state index in [9.17, 15) is 9.59 Å². The van der Waals surface area contributed by atoms with E-state index in [0.29, 0.717) is 28.1 Å². The number of aryl methyl sites for hydroxylation is 3. The number of hydrogen-bond donors (Lipinski definition) is 1. The summed E-state index contributed by atoms with van der Waals surface area (Å²) in [5.74, 6) is 0.916. The van der Waals surface area contributed by atoms with Crippen molar-refractivity contribution in [3.05, 3.63) is 51.7 Å². The highest BCUT2D eigenvalue weighted by atomic mass is 32.2. The van der Waals surface area contributed by atoms with E-state index in [2.05, 4.69) is 21.6 Å². The van der Waals surface area contributed by atoms with Gasteiger partial charge >= 0.3 is 5.97 Å². The lowest BCUT2D eigenvalue weighted by Gasteiger charge is -2.16. The number of esters is 1. The lowest BCUT2D eigenvalue weighted by atomic mass is 10.1. The molecule has 2 heterocycles.